The molecule has 1 aliphatic carbocycles. The second-order valence-corrected chi connectivity index (χ2v) is 11.6. The highest BCUT2D eigenvalue weighted by Gasteiger charge is 2.45. The number of aryl methyl sites for hydroxylation is 1. The van der Waals surface area contributed by atoms with Gasteiger partial charge in [-0.15, -0.1) is 0 Å². The van der Waals surface area contributed by atoms with E-state index in [0.29, 0.717) is 56.7 Å². The smallest absolute Gasteiger partial charge is 0.256 e. The number of aliphatic hydroxyl groups excluding tert-OH is 2. The Kier molecular flexibility index (Phi) is 8.26. The second-order valence-electron chi connectivity index (χ2n) is 11.6. The van der Waals surface area contributed by atoms with Crippen molar-refractivity contribution in [3.05, 3.63) is 64.7 Å². The molecule has 2 aromatic carbocycles. The minimum Gasteiger partial charge on any atom is -0.393 e. The number of likely N-dealkylation sites (tertiary alicyclic amines) is 1. The Morgan fingerprint density at radius 2 is 1.74 bits per heavy atom. The van der Waals surface area contributed by atoms with Gasteiger partial charge in [0.15, 0.2) is 0 Å². The average molecular weight is 535 g/mol. The van der Waals surface area contributed by atoms with Crippen LogP contribution in [0.4, 0.5) is 5.69 Å². The molecule has 1 atom stereocenters. The number of likely N-dealkylation sites (N-methyl/N-ethyl adjacent to an activating group) is 1. The lowest BCUT2D eigenvalue weighted by atomic mass is 9.61. The zero-order valence-electron chi connectivity index (χ0n) is 23.0. The number of piperidine rings is 1. The van der Waals surface area contributed by atoms with Crippen molar-refractivity contribution < 1.29 is 19.8 Å². The van der Waals surface area contributed by atoms with E-state index in [9.17, 15) is 19.8 Å². The number of carbonyl (C=O) groups excluding carboxylic acids is 2. The molecule has 0 aromatic heterocycles. The van der Waals surface area contributed by atoms with Crippen LogP contribution < -0.4 is 10.6 Å². The third kappa shape index (κ3) is 5.83. The maximum absolute atomic E-state index is 13.6. The van der Waals surface area contributed by atoms with Crippen LogP contribution in [0.3, 0.4) is 0 Å². The van der Waals surface area contributed by atoms with Gasteiger partial charge >= 0.3 is 0 Å². The number of hydrogen-bond donors (Lipinski definition) is 3. The van der Waals surface area contributed by atoms with Gasteiger partial charge in [0.1, 0.15) is 0 Å². The van der Waals surface area contributed by atoms with Crippen molar-refractivity contribution in [1.29, 1.82) is 0 Å². The normalized spacial score (nSPS) is 20.0. The van der Waals surface area contributed by atoms with Crippen molar-refractivity contribution in [2.75, 3.05) is 44.2 Å². The van der Waals surface area contributed by atoms with Gasteiger partial charge in [0, 0.05) is 51.4 Å². The molecule has 0 bridgehead atoms. The monoisotopic (exact) mass is 534 g/mol. The van der Waals surface area contributed by atoms with Crippen LogP contribution in [0.5, 0.6) is 0 Å². The van der Waals surface area contributed by atoms with Crippen molar-refractivity contribution in [3.63, 3.8) is 0 Å². The molecule has 1 saturated heterocycles. The van der Waals surface area contributed by atoms with Crippen molar-refractivity contribution in [1.82, 2.24) is 9.80 Å². The Balaban J connectivity index is 1.25. The SMILES string of the molecule is CCN1CCN(CC(O)CCc2ccccc2CN)C(=O)c2ccc(C(=O)N3CCC4(CC3)CC(O)C4)cc21. The fourth-order valence-electron chi connectivity index (χ4n) is 6.63. The van der Waals surface area contributed by atoms with Gasteiger partial charge < -0.3 is 30.6 Å². The summed E-state index contributed by atoms with van der Waals surface area (Å²) in [4.78, 5) is 32.8. The standard InChI is InChI=1S/C31H42N4O4/c1-2-33-15-16-35(21-25(36)9-7-22-5-3-4-6-24(22)20-32)30(39)27-10-8-23(17-28(27)33)29(38)34-13-11-31(12-14-34)18-26(37)19-31/h3-6,8,10,17,25-26,36-37H,2,7,9,11-16,18-21,32H2,1H3. The summed E-state index contributed by atoms with van der Waals surface area (Å²) in [5.74, 6) is -0.102. The highest BCUT2D eigenvalue weighted by atomic mass is 16.3. The van der Waals surface area contributed by atoms with E-state index in [2.05, 4.69) is 11.8 Å². The first kappa shape index (κ1) is 27.6. The van der Waals surface area contributed by atoms with E-state index < -0.39 is 6.10 Å². The number of benzene rings is 2. The number of amides is 2. The topological polar surface area (TPSA) is 110 Å². The van der Waals surface area contributed by atoms with Gasteiger partial charge in [-0.2, -0.15) is 0 Å². The first-order valence-electron chi connectivity index (χ1n) is 14.4. The first-order valence-corrected chi connectivity index (χ1v) is 14.4. The number of carbonyl (C=O) groups is 2. The summed E-state index contributed by atoms with van der Waals surface area (Å²) in [6, 6.07) is 13.4. The lowest BCUT2D eigenvalue weighted by Gasteiger charge is -2.50. The summed E-state index contributed by atoms with van der Waals surface area (Å²) < 4.78 is 0. The molecule has 5 rings (SSSR count). The van der Waals surface area contributed by atoms with Gasteiger partial charge in [-0.1, -0.05) is 24.3 Å². The molecule has 8 heteroatoms. The Morgan fingerprint density at radius 1 is 1.05 bits per heavy atom. The Bertz CT molecular complexity index is 1180. The van der Waals surface area contributed by atoms with Gasteiger partial charge in [0.05, 0.1) is 23.5 Å². The Labute approximate surface area is 231 Å². The molecule has 2 aliphatic heterocycles. The summed E-state index contributed by atoms with van der Waals surface area (Å²) >= 11 is 0. The first-order chi connectivity index (χ1) is 18.8. The maximum Gasteiger partial charge on any atom is 0.256 e. The molecular weight excluding hydrogens is 492 g/mol. The van der Waals surface area contributed by atoms with E-state index in [4.69, 9.17) is 5.73 Å². The van der Waals surface area contributed by atoms with E-state index in [1.807, 2.05) is 35.2 Å². The van der Waals surface area contributed by atoms with Gasteiger partial charge in [0.25, 0.3) is 11.8 Å². The van der Waals surface area contributed by atoms with Crippen molar-refractivity contribution in [2.24, 2.45) is 11.1 Å². The van der Waals surface area contributed by atoms with Crippen LogP contribution in [0.15, 0.2) is 42.5 Å². The number of β-amino-alcohol motifs (C(OH)–C–C–N with tert-alkyl or cyclic N) is 1. The van der Waals surface area contributed by atoms with Gasteiger partial charge in [-0.3, -0.25) is 9.59 Å². The number of aliphatic hydroxyl groups is 2. The highest BCUT2D eigenvalue weighted by Crippen LogP contribution is 2.49. The van der Waals surface area contributed by atoms with E-state index in [1.54, 1.807) is 17.0 Å². The van der Waals surface area contributed by atoms with Crippen LogP contribution in [-0.4, -0.2) is 83.3 Å². The second kappa shape index (κ2) is 11.7. The van der Waals surface area contributed by atoms with Crippen molar-refractivity contribution in [2.45, 2.75) is 64.2 Å². The molecule has 4 N–H and O–H groups in total. The molecule has 2 heterocycles. The quantitative estimate of drug-likeness (QED) is 0.481. The highest BCUT2D eigenvalue weighted by molar-refractivity contribution is 6.03. The van der Waals surface area contributed by atoms with Crippen LogP contribution in [0.1, 0.15) is 70.9 Å². The molecule has 2 aromatic rings. The van der Waals surface area contributed by atoms with Gasteiger partial charge in [-0.25, -0.2) is 0 Å². The molecular formula is C31H42N4O4. The maximum atomic E-state index is 13.6. The Morgan fingerprint density at radius 3 is 2.41 bits per heavy atom. The average Bonchev–Trinajstić information content (AvgIpc) is 3.07. The van der Waals surface area contributed by atoms with Gasteiger partial charge in [-0.05, 0) is 80.2 Å². The zero-order valence-corrected chi connectivity index (χ0v) is 23.0. The summed E-state index contributed by atoms with van der Waals surface area (Å²) in [6.07, 6.45) is 4.03. The van der Waals surface area contributed by atoms with E-state index in [1.165, 1.54) is 0 Å². The Hall–Kier alpha value is -2.94. The van der Waals surface area contributed by atoms with Crippen LogP contribution in [-0.2, 0) is 13.0 Å². The molecule has 1 unspecified atom stereocenters. The fraction of sp³-hybridized carbons (Fsp3) is 0.548. The molecule has 39 heavy (non-hydrogen) atoms. The van der Waals surface area contributed by atoms with Crippen LogP contribution in [0.25, 0.3) is 0 Å². The number of fused-ring (bicyclic) bond motifs is 1. The number of anilines is 1. The van der Waals surface area contributed by atoms with Crippen molar-refractivity contribution in [3.8, 4) is 0 Å². The lowest BCUT2D eigenvalue weighted by Crippen LogP contribution is -2.50. The summed E-state index contributed by atoms with van der Waals surface area (Å²) in [6.45, 7) is 6.09. The number of rotatable bonds is 8. The minimum atomic E-state index is -0.642. The molecule has 3 aliphatic rings. The molecule has 2 amide bonds. The molecule has 0 radical (unpaired) electrons. The summed E-state index contributed by atoms with van der Waals surface area (Å²) in [5.41, 5.74) is 10.3. The number of nitrogens with two attached hydrogens (primary N) is 1. The van der Waals surface area contributed by atoms with Gasteiger partial charge in [0.2, 0.25) is 0 Å². The predicted octanol–water partition coefficient (Wildman–Crippen LogP) is 2.80. The van der Waals surface area contributed by atoms with E-state index >= 15 is 0 Å². The zero-order chi connectivity index (χ0) is 27.6. The van der Waals surface area contributed by atoms with Crippen LogP contribution in [0, 0.1) is 5.41 Å². The lowest BCUT2D eigenvalue weighted by molar-refractivity contribution is -0.0637. The van der Waals surface area contributed by atoms with Crippen LogP contribution >= 0.6 is 0 Å². The minimum absolute atomic E-state index is 0.00492. The third-order valence-electron chi connectivity index (χ3n) is 9.09. The molecule has 1 saturated carbocycles. The van der Waals surface area contributed by atoms with E-state index in [0.717, 1.165) is 49.0 Å². The van der Waals surface area contributed by atoms with E-state index in [-0.39, 0.29) is 29.9 Å². The summed E-state index contributed by atoms with van der Waals surface area (Å²) in [7, 11) is 0. The third-order valence-corrected chi connectivity index (χ3v) is 9.09. The predicted molar refractivity (Wildman–Crippen MR) is 152 cm³/mol. The number of hydrogen-bond acceptors (Lipinski definition) is 6. The largest absolute Gasteiger partial charge is 0.393 e. The fourth-order valence-corrected chi connectivity index (χ4v) is 6.63. The molecule has 2 fully saturated rings. The van der Waals surface area contributed by atoms with Crippen LogP contribution in [0.2, 0.25) is 0 Å². The molecule has 1 spiro atoms. The van der Waals surface area contributed by atoms with Crippen molar-refractivity contribution >= 4 is 17.5 Å². The summed E-state index contributed by atoms with van der Waals surface area (Å²) in [5, 5.41) is 20.6. The molecule has 210 valence electrons. The molecule has 8 nitrogen and oxygen atoms in total. The number of nitrogens with zero attached hydrogens (tertiary/aromatic N) is 3.